The molecule has 0 aliphatic heterocycles. The third kappa shape index (κ3) is 4.18. The molecule has 0 unspecified atom stereocenters. The molecule has 0 spiro atoms. The van der Waals surface area contributed by atoms with Crippen LogP contribution in [-0.2, 0) is 9.84 Å². The quantitative estimate of drug-likeness (QED) is 0.302. The zero-order chi connectivity index (χ0) is 19.6. The third-order valence-electron chi connectivity index (χ3n) is 3.46. The second kappa shape index (κ2) is 8.01. The van der Waals surface area contributed by atoms with Crippen molar-refractivity contribution in [2.45, 2.75) is 14.0 Å². The number of halogens is 1. The molecule has 0 fully saturated rings. The lowest BCUT2D eigenvalue weighted by Gasteiger charge is -2.09. The van der Waals surface area contributed by atoms with Crippen molar-refractivity contribution >= 4 is 54.7 Å². The summed E-state index contributed by atoms with van der Waals surface area (Å²) >= 11 is 5.80. The van der Waals surface area contributed by atoms with E-state index in [1.165, 1.54) is 41.4 Å². The van der Waals surface area contributed by atoms with Crippen LogP contribution in [0.15, 0.2) is 67.1 Å². The van der Waals surface area contributed by atoms with Crippen LogP contribution >= 0.6 is 39.0 Å². The van der Waals surface area contributed by atoms with Gasteiger partial charge in [-0.25, -0.2) is 13.4 Å². The van der Waals surface area contributed by atoms with Crippen molar-refractivity contribution in [1.82, 2.24) is 4.98 Å². The zero-order valence-corrected chi connectivity index (χ0v) is 18.0. The van der Waals surface area contributed by atoms with E-state index in [1.807, 2.05) is 18.2 Å². The summed E-state index contributed by atoms with van der Waals surface area (Å²) < 4.78 is 32.8. The lowest BCUT2D eigenvalue weighted by atomic mass is 10.3. The number of nitrogens with two attached hydrogens (primary N) is 1. The number of ether oxygens (including phenoxy) is 1. The first-order chi connectivity index (χ1) is 12.8. The third-order valence-corrected chi connectivity index (χ3v) is 8.33. The molecule has 0 saturated heterocycles. The first-order valence-electron chi connectivity index (χ1n) is 7.48. The van der Waals surface area contributed by atoms with Gasteiger partial charge in [-0.3, -0.25) is 5.41 Å². The molecule has 10 heteroatoms. The topological polar surface area (TPSA) is 106 Å². The number of nitrogens with one attached hydrogen (secondary N) is 1. The molecule has 27 heavy (non-hydrogen) atoms. The van der Waals surface area contributed by atoms with E-state index in [1.54, 1.807) is 18.4 Å². The van der Waals surface area contributed by atoms with E-state index in [0.717, 1.165) is 0 Å². The zero-order valence-electron chi connectivity index (χ0n) is 14.0. The lowest BCUT2D eigenvalue weighted by molar-refractivity contribution is 0.458. The van der Waals surface area contributed by atoms with Crippen molar-refractivity contribution in [1.29, 1.82) is 5.41 Å². The highest BCUT2D eigenvalue weighted by atomic mass is 79.9. The minimum atomic E-state index is -3.82. The maximum atomic E-state index is 13.1. The number of rotatable bonds is 6. The van der Waals surface area contributed by atoms with Crippen molar-refractivity contribution in [3.8, 4) is 11.6 Å². The summed E-state index contributed by atoms with van der Waals surface area (Å²) in [7, 11) is -3.82. The molecule has 0 saturated carbocycles. The Kier molecular flexibility index (Phi) is 5.89. The summed E-state index contributed by atoms with van der Waals surface area (Å²) in [6.45, 7) is 0. The SMILES string of the molecule is CSc1sc(C(=N)N)cc1S(=O)(=O)c1cnc(Oc2ccccc2)c(Br)c1. The molecule has 0 aliphatic carbocycles. The number of hydrogen-bond acceptors (Lipinski definition) is 7. The van der Waals surface area contributed by atoms with Gasteiger partial charge in [0, 0.05) is 0 Å². The molecule has 3 N–H and O–H groups in total. The number of sulfone groups is 1. The second-order valence-electron chi connectivity index (χ2n) is 5.26. The van der Waals surface area contributed by atoms with Crippen LogP contribution in [0, 0.1) is 5.41 Å². The summed E-state index contributed by atoms with van der Waals surface area (Å²) in [5.74, 6) is 0.692. The van der Waals surface area contributed by atoms with Gasteiger partial charge in [-0.15, -0.1) is 23.1 Å². The van der Waals surface area contributed by atoms with E-state index in [-0.39, 0.29) is 21.5 Å². The van der Waals surface area contributed by atoms with Gasteiger partial charge < -0.3 is 10.5 Å². The van der Waals surface area contributed by atoms with Gasteiger partial charge in [0.15, 0.2) is 0 Å². The fourth-order valence-electron chi connectivity index (χ4n) is 2.18. The van der Waals surface area contributed by atoms with Crippen molar-refractivity contribution < 1.29 is 13.2 Å². The molecule has 3 aromatic rings. The molecule has 0 amide bonds. The Morgan fingerprint density at radius 2 is 2.00 bits per heavy atom. The van der Waals surface area contributed by atoms with Crippen LogP contribution in [0.1, 0.15) is 4.88 Å². The average molecular weight is 484 g/mol. The minimum Gasteiger partial charge on any atom is -0.438 e. The van der Waals surface area contributed by atoms with Crippen LogP contribution in [-0.4, -0.2) is 25.5 Å². The number of amidine groups is 1. The highest BCUT2D eigenvalue weighted by molar-refractivity contribution is 9.10. The number of hydrogen-bond donors (Lipinski definition) is 2. The van der Waals surface area contributed by atoms with Crippen LogP contribution in [0.4, 0.5) is 0 Å². The maximum Gasteiger partial charge on any atom is 0.233 e. The van der Waals surface area contributed by atoms with E-state index in [4.69, 9.17) is 15.9 Å². The van der Waals surface area contributed by atoms with Gasteiger partial charge in [0.05, 0.1) is 29.5 Å². The number of nitrogen functional groups attached to an aromatic ring is 1. The van der Waals surface area contributed by atoms with E-state index >= 15 is 0 Å². The Hall–Kier alpha value is -1.88. The van der Waals surface area contributed by atoms with Gasteiger partial charge in [0.2, 0.25) is 15.7 Å². The average Bonchev–Trinajstić information content (AvgIpc) is 3.10. The molecule has 1 aromatic carbocycles. The minimum absolute atomic E-state index is 0.0259. The molecule has 6 nitrogen and oxygen atoms in total. The number of thiophene rings is 1. The molecule has 3 rings (SSSR count). The number of nitrogens with zero attached hydrogens (tertiary/aromatic N) is 1. The summed E-state index contributed by atoms with van der Waals surface area (Å²) in [5.41, 5.74) is 5.50. The van der Waals surface area contributed by atoms with Gasteiger partial charge in [-0.2, -0.15) is 0 Å². The standard InChI is InChI=1S/C17H14BrN3O3S3/c1-25-17-14(8-13(26-17)15(19)20)27(22,23)11-7-12(18)16(21-9-11)24-10-5-3-2-4-6-10/h2-9H,1H3,(H3,19,20). The Morgan fingerprint density at radius 1 is 1.30 bits per heavy atom. The highest BCUT2D eigenvalue weighted by Gasteiger charge is 2.26. The van der Waals surface area contributed by atoms with Crippen LogP contribution in [0.3, 0.4) is 0 Å². The summed E-state index contributed by atoms with van der Waals surface area (Å²) in [6.07, 6.45) is 3.04. The van der Waals surface area contributed by atoms with Gasteiger partial charge >= 0.3 is 0 Å². The predicted octanol–water partition coefficient (Wildman–Crippen LogP) is 4.54. The first-order valence-corrected chi connectivity index (χ1v) is 11.8. The molecule has 0 atom stereocenters. The molecule has 140 valence electrons. The second-order valence-corrected chi connectivity index (χ2v) is 10.2. The summed E-state index contributed by atoms with van der Waals surface area (Å²) in [4.78, 5) is 4.70. The number of thioether (sulfide) groups is 1. The van der Waals surface area contributed by atoms with Gasteiger partial charge in [0.1, 0.15) is 11.6 Å². The Bertz CT molecular complexity index is 1100. The lowest BCUT2D eigenvalue weighted by Crippen LogP contribution is -2.09. The predicted molar refractivity (Wildman–Crippen MR) is 111 cm³/mol. The molecular weight excluding hydrogens is 470 g/mol. The van der Waals surface area contributed by atoms with E-state index in [9.17, 15) is 8.42 Å². The van der Waals surface area contributed by atoms with Gasteiger partial charge in [-0.1, -0.05) is 18.2 Å². The largest absolute Gasteiger partial charge is 0.438 e. The van der Waals surface area contributed by atoms with E-state index in [2.05, 4.69) is 20.9 Å². The molecule has 0 bridgehead atoms. The molecule has 0 aliphatic rings. The molecular formula is C17H14BrN3O3S3. The van der Waals surface area contributed by atoms with Crippen LogP contribution in [0.5, 0.6) is 11.6 Å². The highest BCUT2D eigenvalue weighted by Crippen LogP contribution is 2.38. The summed E-state index contributed by atoms with van der Waals surface area (Å²) in [6, 6.07) is 12.0. The van der Waals surface area contributed by atoms with E-state index in [0.29, 0.717) is 19.3 Å². The Labute approximate surface area is 173 Å². The maximum absolute atomic E-state index is 13.1. The van der Waals surface area contributed by atoms with Gasteiger partial charge in [0.25, 0.3) is 0 Å². The smallest absolute Gasteiger partial charge is 0.233 e. The van der Waals surface area contributed by atoms with Crippen molar-refractivity contribution in [3.05, 3.63) is 58.0 Å². The van der Waals surface area contributed by atoms with Crippen molar-refractivity contribution in [3.63, 3.8) is 0 Å². The number of para-hydroxylation sites is 1. The van der Waals surface area contributed by atoms with Crippen molar-refractivity contribution in [2.75, 3.05) is 6.26 Å². The number of benzene rings is 1. The van der Waals surface area contributed by atoms with Gasteiger partial charge in [-0.05, 0) is 46.5 Å². The molecule has 0 radical (unpaired) electrons. The summed E-state index contributed by atoms with van der Waals surface area (Å²) in [5, 5.41) is 7.55. The van der Waals surface area contributed by atoms with E-state index < -0.39 is 9.84 Å². The normalized spacial score (nSPS) is 11.3. The van der Waals surface area contributed by atoms with Crippen LogP contribution < -0.4 is 10.5 Å². The monoisotopic (exact) mass is 483 g/mol. The molecule has 2 aromatic heterocycles. The van der Waals surface area contributed by atoms with Crippen LogP contribution in [0.25, 0.3) is 0 Å². The number of aromatic nitrogens is 1. The van der Waals surface area contributed by atoms with Crippen molar-refractivity contribution in [2.24, 2.45) is 5.73 Å². The number of pyridine rings is 1. The molecule has 2 heterocycles. The Morgan fingerprint density at radius 3 is 2.59 bits per heavy atom. The van der Waals surface area contributed by atoms with Crippen LogP contribution in [0.2, 0.25) is 0 Å². The fourth-order valence-corrected chi connectivity index (χ4v) is 6.59. The fraction of sp³-hybridized carbons (Fsp3) is 0.0588. The Balaban J connectivity index is 1.98. The first kappa shape index (κ1) is 19.9.